The molecular formula is C40H56O4. The van der Waals surface area contributed by atoms with E-state index < -0.39 is 5.41 Å². The summed E-state index contributed by atoms with van der Waals surface area (Å²) in [7, 11) is 0. The quantitative estimate of drug-likeness (QED) is 0.255. The summed E-state index contributed by atoms with van der Waals surface area (Å²) in [6, 6.07) is 10.1. The van der Waals surface area contributed by atoms with Crippen LogP contribution in [0.1, 0.15) is 132 Å². The Morgan fingerprint density at radius 2 is 1.48 bits per heavy atom. The molecule has 1 aromatic rings. The van der Waals surface area contributed by atoms with Crippen LogP contribution >= 0.6 is 0 Å². The highest BCUT2D eigenvalue weighted by Crippen LogP contribution is 2.85. The molecule has 1 aromatic carbocycles. The average molecular weight is 601 g/mol. The Kier molecular flexibility index (Phi) is 7.10. The van der Waals surface area contributed by atoms with Gasteiger partial charge in [-0.25, -0.2) is 0 Å². The number of ether oxygens (including phenoxy) is 2. The molecule has 5 fully saturated rings. The molecule has 44 heavy (non-hydrogen) atoms. The number of hydrogen-bond donors (Lipinski definition) is 0. The Morgan fingerprint density at radius 3 is 2.14 bits per heavy atom. The van der Waals surface area contributed by atoms with Crippen molar-refractivity contribution >= 4 is 11.9 Å². The van der Waals surface area contributed by atoms with Gasteiger partial charge in [0.25, 0.3) is 0 Å². The number of carbonyl (C=O) groups is 2. The third-order valence-corrected chi connectivity index (χ3v) is 16.5. The van der Waals surface area contributed by atoms with E-state index in [-0.39, 0.29) is 55.9 Å². The van der Waals surface area contributed by atoms with Crippen LogP contribution in [0.5, 0.6) is 0 Å². The van der Waals surface area contributed by atoms with E-state index in [0.717, 1.165) is 76.2 Å². The highest BCUT2D eigenvalue weighted by atomic mass is 16.5. The minimum Gasteiger partial charge on any atom is -0.462 e. The van der Waals surface area contributed by atoms with Gasteiger partial charge in [0, 0.05) is 17.8 Å². The fourth-order valence-corrected chi connectivity index (χ4v) is 13.5. The number of carbonyl (C=O) groups excluding carboxylic acids is 2. The van der Waals surface area contributed by atoms with Crippen LogP contribution in [0.4, 0.5) is 0 Å². The number of esters is 2. The van der Waals surface area contributed by atoms with Crippen LogP contribution in [0.15, 0.2) is 30.3 Å². The first-order valence-corrected chi connectivity index (χ1v) is 17.4. The number of terminal acetylenes is 1. The summed E-state index contributed by atoms with van der Waals surface area (Å²) in [6.07, 6.45) is 17.7. The molecule has 240 valence electrons. The van der Waals surface area contributed by atoms with Crippen LogP contribution in [-0.2, 0) is 25.7 Å². The third-order valence-electron chi connectivity index (χ3n) is 16.5. The fourth-order valence-electron chi connectivity index (χ4n) is 13.5. The molecule has 0 aliphatic heterocycles. The topological polar surface area (TPSA) is 52.6 Å². The second kappa shape index (κ2) is 9.86. The Hall–Kier alpha value is -2.28. The lowest BCUT2D eigenvalue weighted by atomic mass is 9.24. The number of fused-ring (bicyclic) bond motifs is 7. The van der Waals surface area contributed by atoms with Gasteiger partial charge >= 0.3 is 11.9 Å². The molecule has 9 atom stereocenters. The second-order valence-corrected chi connectivity index (χ2v) is 17.3. The van der Waals surface area contributed by atoms with E-state index in [4.69, 9.17) is 15.9 Å². The molecule has 6 rings (SSSR count). The van der Waals surface area contributed by atoms with E-state index in [1.165, 1.54) is 6.92 Å². The lowest BCUT2D eigenvalue weighted by Gasteiger charge is -2.80. The monoisotopic (exact) mass is 600 g/mol. The minimum absolute atomic E-state index is 0.0110. The number of benzene rings is 1. The Balaban J connectivity index is 1.37. The van der Waals surface area contributed by atoms with Crippen molar-refractivity contribution in [2.24, 2.45) is 49.2 Å². The normalized spacial score (nSPS) is 47.2. The summed E-state index contributed by atoms with van der Waals surface area (Å²) < 4.78 is 12.2. The molecule has 5 aliphatic carbocycles. The zero-order valence-electron chi connectivity index (χ0n) is 28.7. The van der Waals surface area contributed by atoms with Crippen LogP contribution in [0.3, 0.4) is 0 Å². The zero-order valence-corrected chi connectivity index (χ0v) is 28.7. The second-order valence-electron chi connectivity index (χ2n) is 17.3. The van der Waals surface area contributed by atoms with Gasteiger partial charge in [-0.15, -0.1) is 6.42 Å². The van der Waals surface area contributed by atoms with E-state index in [0.29, 0.717) is 12.5 Å². The molecule has 0 heterocycles. The summed E-state index contributed by atoms with van der Waals surface area (Å²) in [4.78, 5) is 26.4. The van der Waals surface area contributed by atoms with Crippen molar-refractivity contribution < 1.29 is 19.1 Å². The summed E-state index contributed by atoms with van der Waals surface area (Å²) in [5, 5.41) is 0. The van der Waals surface area contributed by atoms with Gasteiger partial charge in [-0.05, 0) is 103 Å². The number of hydrogen-bond acceptors (Lipinski definition) is 4. The molecule has 0 unspecified atom stereocenters. The Labute approximate surface area is 266 Å². The molecule has 0 spiro atoms. The van der Waals surface area contributed by atoms with E-state index in [2.05, 4.69) is 54.4 Å². The van der Waals surface area contributed by atoms with Crippen molar-refractivity contribution in [1.82, 2.24) is 0 Å². The first-order chi connectivity index (χ1) is 20.5. The van der Waals surface area contributed by atoms with Gasteiger partial charge in [0.05, 0.1) is 5.41 Å². The van der Waals surface area contributed by atoms with Crippen LogP contribution in [0, 0.1) is 61.6 Å². The van der Waals surface area contributed by atoms with E-state index in [1.54, 1.807) is 0 Å². The maximum Gasteiger partial charge on any atom is 0.312 e. The van der Waals surface area contributed by atoms with E-state index >= 15 is 0 Å². The molecule has 0 aromatic heterocycles. The molecule has 0 radical (unpaired) electrons. The lowest BCUT2D eigenvalue weighted by molar-refractivity contribution is -0.317. The first-order valence-electron chi connectivity index (χ1n) is 17.4. The first kappa shape index (κ1) is 31.7. The molecule has 4 heteroatoms. The van der Waals surface area contributed by atoms with E-state index in [1.807, 2.05) is 30.3 Å². The Bertz CT molecular complexity index is 1380. The molecule has 4 nitrogen and oxygen atoms in total. The van der Waals surface area contributed by atoms with Crippen LogP contribution in [0.2, 0.25) is 0 Å². The number of rotatable bonds is 4. The van der Waals surface area contributed by atoms with Crippen molar-refractivity contribution in [3.05, 3.63) is 35.9 Å². The van der Waals surface area contributed by atoms with Crippen molar-refractivity contribution in [2.45, 2.75) is 139 Å². The predicted molar refractivity (Wildman–Crippen MR) is 174 cm³/mol. The maximum absolute atomic E-state index is 14.2. The summed E-state index contributed by atoms with van der Waals surface area (Å²) in [5.41, 5.74) is -0.0641. The minimum atomic E-state index is -0.402. The molecule has 5 aliphatic rings. The predicted octanol–water partition coefficient (Wildman–Crippen LogP) is 9.30. The van der Waals surface area contributed by atoms with Gasteiger partial charge in [-0.1, -0.05) is 91.1 Å². The van der Waals surface area contributed by atoms with E-state index in [9.17, 15) is 9.59 Å². The molecule has 0 N–H and O–H groups in total. The average Bonchev–Trinajstić information content (AvgIpc) is 3.34. The molecule has 0 saturated heterocycles. The van der Waals surface area contributed by atoms with Crippen LogP contribution in [0.25, 0.3) is 0 Å². The largest absolute Gasteiger partial charge is 0.462 e. The molecule has 5 saturated carbocycles. The highest BCUT2D eigenvalue weighted by molar-refractivity contribution is 5.79. The molecule has 0 amide bonds. The van der Waals surface area contributed by atoms with Gasteiger partial charge in [0.2, 0.25) is 0 Å². The van der Waals surface area contributed by atoms with Gasteiger partial charge in [0.15, 0.2) is 0 Å². The van der Waals surface area contributed by atoms with Crippen LogP contribution in [-0.4, -0.2) is 18.0 Å². The Morgan fingerprint density at radius 1 is 0.795 bits per heavy atom. The van der Waals surface area contributed by atoms with Crippen molar-refractivity contribution in [1.29, 1.82) is 0 Å². The van der Waals surface area contributed by atoms with Gasteiger partial charge in [0.1, 0.15) is 12.7 Å². The summed E-state index contributed by atoms with van der Waals surface area (Å²) >= 11 is 0. The van der Waals surface area contributed by atoms with Gasteiger partial charge in [-0.3, -0.25) is 9.59 Å². The molecule has 0 bridgehead atoms. The lowest BCUT2D eigenvalue weighted by Crippen LogP contribution is -2.75. The SMILES string of the molecule is C#C[C@@]12CC[C@]3(C)[C@](C)(CC[C@@H]4[C@@]5(C)CCC[C@]5(C(=O)OCc5ccccc5)CC[C@]43C)[C@@]1(C)CC[C@H](OC(C)=O)C2(C)C. The molecular weight excluding hydrogens is 544 g/mol. The highest BCUT2D eigenvalue weighted by Gasteiger charge is 2.80. The fraction of sp³-hybridized carbons (Fsp3) is 0.750. The summed E-state index contributed by atoms with van der Waals surface area (Å²) in [5.74, 6) is 3.74. The van der Waals surface area contributed by atoms with Crippen molar-refractivity contribution in [2.75, 3.05) is 0 Å². The van der Waals surface area contributed by atoms with Crippen LogP contribution < -0.4 is 0 Å². The standard InChI is InChI=1S/C40H56O4/c1-10-40-26-24-36(7)34(5)23-25-39(32(42)43-27-29-15-12-11-13-16-29)20-14-19-35(39,6)30(34)17-21-37(36,8)38(40,9)22-18-31(33(40,3)4)44-28(2)41/h1,11-13,15-16,30-31H,14,17-27H2,2-9H3/t30-,31-,34+,35+,36-,37-,38+,39+,40-/m0/s1. The third kappa shape index (κ3) is 3.54. The smallest absolute Gasteiger partial charge is 0.312 e. The van der Waals surface area contributed by atoms with Gasteiger partial charge < -0.3 is 9.47 Å². The summed E-state index contributed by atoms with van der Waals surface area (Å²) in [6.45, 7) is 19.2. The maximum atomic E-state index is 14.2. The van der Waals surface area contributed by atoms with Gasteiger partial charge in [-0.2, -0.15) is 0 Å². The van der Waals surface area contributed by atoms with Crippen molar-refractivity contribution in [3.63, 3.8) is 0 Å². The zero-order chi connectivity index (χ0) is 32.0. The van der Waals surface area contributed by atoms with Crippen molar-refractivity contribution in [3.8, 4) is 12.3 Å².